The molecule has 3 heterocycles. The van der Waals surface area contributed by atoms with Gasteiger partial charge in [-0.05, 0) is 37.1 Å². The van der Waals surface area contributed by atoms with Crippen molar-refractivity contribution in [2.75, 3.05) is 5.32 Å². The van der Waals surface area contributed by atoms with E-state index in [0.29, 0.717) is 24.1 Å². The van der Waals surface area contributed by atoms with E-state index in [-0.39, 0.29) is 12.1 Å². The van der Waals surface area contributed by atoms with Crippen LogP contribution in [0.4, 0.5) is 18.9 Å². The molecule has 180 valence electrons. The zero-order chi connectivity index (χ0) is 24.4. The summed E-state index contributed by atoms with van der Waals surface area (Å²) in [6, 6.07) is 3.24. The highest BCUT2D eigenvalue weighted by molar-refractivity contribution is 6.03. The minimum atomic E-state index is -1.77. The number of carbonyl (C=O) groups is 1. The molecule has 5 atom stereocenters. The lowest BCUT2D eigenvalue weighted by Gasteiger charge is -2.38. The van der Waals surface area contributed by atoms with E-state index in [0.717, 1.165) is 18.2 Å². The number of ether oxygens (including phenoxy) is 1. The van der Waals surface area contributed by atoms with Crippen LogP contribution in [0.1, 0.15) is 54.0 Å². The molecule has 4 rings (SSSR count). The molecule has 0 radical (unpaired) electrons. The number of amides is 1. The number of pyridine rings is 2. The number of hydrogen-bond donors (Lipinski definition) is 3. The normalized spacial score (nSPS) is 27.1. The first-order chi connectivity index (χ1) is 16.3. The van der Waals surface area contributed by atoms with E-state index in [1.54, 1.807) is 6.07 Å². The second-order valence-corrected chi connectivity index (χ2v) is 8.27. The van der Waals surface area contributed by atoms with Gasteiger partial charge in [0.25, 0.3) is 5.91 Å². The van der Waals surface area contributed by atoms with E-state index in [1.807, 2.05) is 6.92 Å². The van der Waals surface area contributed by atoms with Crippen molar-refractivity contribution in [3.05, 3.63) is 71.3 Å². The molecular formula is C24H25F3N4O3. The Bertz CT molecular complexity index is 1140. The standard InChI is InChI=1S/C24H25F3N4O3/c1-2-19-23(32)16(28)10-20(34-19)12-8-9-29-11-18(12)31-24(33)17-7-6-15(27)22(30-17)21-13(25)4-3-5-14(21)26/h3-4,6-9,11,14,16,19-20,23,32H,2,5,10,28H2,1H3,(H,31,33)/t14?,16-,19-,20-,23+/m0/s1. The molecule has 0 aromatic carbocycles. The van der Waals surface area contributed by atoms with Gasteiger partial charge in [-0.1, -0.05) is 13.0 Å². The number of aliphatic hydroxyl groups excluding tert-OH is 1. The van der Waals surface area contributed by atoms with Crippen molar-refractivity contribution in [1.82, 2.24) is 9.97 Å². The first kappa shape index (κ1) is 24.1. The van der Waals surface area contributed by atoms with E-state index in [9.17, 15) is 23.1 Å². The van der Waals surface area contributed by atoms with E-state index in [1.165, 1.54) is 18.5 Å². The Morgan fingerprint density at radius 3 is 2.85 bits per heavy atom. The van der Waals surface area contributed by atoms with Gasteiger partial charge in [0, 0.05) is 24.2 Å². The first-order valence-electron chi connectivity index (χ1n) is 11.0. The van der Waals surface area contributed by atoms with E-state index in [4.69, 9.17) is 10.5 Å². The molecule has 1 saturated heterocycles. The van der Waals surface area contributed by atoms with Crippen molar-refractivity contribution < 1.29 is 27.8 Å². The smallest absolute Gasteiger partial charge is 0.274 e. The molecule has 10 heteroatoms. The zero-order valence-electron chi connectivity index (χ0n) is 18.4. The number of rotatable bonds is 5. The number of hydrogen-bond acceptors (Lipinski definition) is 6. The molecule has 7 nitrogen and oxygen atoms in total. The van der Waals surface area contributed by atoms with Gasteiger partial charge in [-0.3, -0.25) is 9.78 Å². The number of anilines is 1. The summed E-state index contributed by atoms with van der Waals surface area (Å²) < 4.78 is 48.9. The third-order valence-electron chi connectivity index (χ3n) is 6.01. The van der Waals surface area contributed by atoms with Gasteiger partial charge in [0.15, 0.2) is 0 Å². The van der Waals surface area contributed by atoms with Gasteiger partial charge in [0.2, 0.25) is 0 Å². The van der Waals surface area contributed by atoms with E-state index >= 15 is 0 Å². The third-order valence-corrected chi connectivity index (χ3v) is 6.01. The summed E-state index contributed by atoms with van der Waals surface area (Å²) in [7, 11) is 0. The van der Waals surface area contributed by atoms with Gasteiger partial charge in [-0.15, -0.1) is 0 Å². The van der Waals surface area contributed by atoms with E-state index < -0.39 is 59.3 Å². The Morgan fingerprint density at radius 1 is 1.32 bits per heavy atom. The van der Waals surface area contributed by atoms with Crippen molar-refractivity contribution >= 4 is 17.2 Å². The molecular weight excluding hydrogens is 449 g/mol. The molecule has 1 amide bonds. The molecule has 1 fully saturated rings. The van der Waals surface area contributed by atoms with Crippen molar-refractivity contribution in [1.29, 1.82) is 0 Å². The fraction of sp³-hybridized carbons (Fsp3) is 0.375. The number of halogens is 3. The number of aromatic nitrogens is 2. The number of nitrogens with one attached hydrogen (secondary N) is 1. The van der Waals surface area contributed by atoms with Crippen LogP contribution in [-0.2, 0) is 4.74 Å². The molecule has 2 aliphatic rings. The number of nitrogens with two attached hydrogens (primary N) is 1. The fourth-order valence-electron chi connectivity index (χ4n) is 4.19. The highest BCUT2D eigenvalue weighted by atomic mass is 19.1. The van der Waals surface area contributed by atoms with Crippen molar-refractivity contribution in [3.8, 4) is 0 Å². The molecule has 0 bridgehead atoms. The molecule has 2 aromatic heterocycles. The maximum absolute atomic E-state index is 14.4. The Hall–Kier alpha value is -3.08. The average molecular weight is 474 g/mol. The Morgan fingerprint density at radius 2 is 2.12 bits per heavy atom. The second kappa shape index (κ2) is 10.0. The summed E-state index contributed by atoms with van der Waals surface area (Å²) in [6.45, 7) is 1.87. The number of nitrogens with zero attached hydrogens (tertiary/aromatic N) is 2. The van der Waals surface area contributed by atoms with Gasteiger partial charge in [0.05, 0.1) is 35.8 Å². The summed E-state index contributed by atoms with van der Waals surface area (Å²) in [6.07, 6.45) is 2.54. The van der Waals surface area contributed by atoms with Crippen LogP contribution in [0.5, 0.6) is 0 Å². The van der Waals surface area contributed by atoms with Crippen LogP contribution in [0.2, 0.25) is 0 Å². The predicted molar refractivity (Wildman–Crippen MR) is 120 cm³/mol. The maximum atomic E-state index is 14.4. The number of carbonyl (C=O) groups excluding carboxylic acids is 1. The molecule has 1 aliphatic carbocycles. The quantitative estimate of drug-likeness (QED) is 0.609. The highest BCUT2D eigenvalue weighted by Gasteiger charge is 2.36. The zero-order valence-corrected chi connectivity index (χ0v) is 18.4. The van der Waals surface area contributed by atoms with Crippen molar-refractivity contribution in [2.45, 2.75) is 56.7 Å². The predicted octanol–water partition coefficient (Wildman–Crippen LogP) is 3.77. The minimum Gasteiger partial charge on any atom is -0.389 e. The fourth-order valence-corrected chi connectivity index (χ4v) is 4.19. The van der Waals surface area contributed by atoms with Crippen LogP contribution in [0.15, 0.2) is 48.6 Å². The summed E-state index contributed by atoms with van der Waals surface area (Å²) in [5, 5.41) is 12.9. The van der Waals surface area contributed by atoms with Crippen LogP contribution in [0.25, 0.3) is 5.57 Å². The molecule has 0 spiro atoms. The third kappa shape index (κ3) is 4.75. The lowest BCUT2D eigenvalue weighted by atomic mass is 9.91. The average Bonchev–Trinajstić information content (AvgIpc) is 2.82. The molecule has 34 heavy (non-hydrogen) atoms. The van der Waals surface area contributed by atoms with Crippen molar-refractivity contribution in [2.24, 2.45) is 5.73 Å². The van der Waals surface area contributed by atoms with Gasteiger partial charge < -0.3 is 20.9 Å². The molecule has 0 saturated carbocycles. The minimum absolute atomic E-state index is 0.115. The SMILES string of the molecule is CC[C@@H]1O[C@H](c2ccncc2NC(=O)c2ccc(F)c(C3=C(F)C=CCC3F)n2)C[C@H](N)[C@H]1O. The van der Waals surface area contributed by atoms with Crippen molar-refractivity contribution in [3.63, 3.8) is 0 Å². The second-order valence-electron chi connectivity index (χ2n) is 8.27. The Kier molecular flexibility index (Phi) is 7.11. The topological polar surface area (TPSA) is 110 Å². The first-order valence-corrected chi connectivity index (χ1v) is 11.0. The van der Waals surface area contributed by atoms with Crippen LogP contribution >= 0.6 is 0 Å². The summed E-state index contributed by atoms with van der Waals surface area (Å²) in [5.74, 6) is -2.59. The van der Waals surface area contributed by atoms with Crippen LogP contribution in [0.3, 0.4) is 0 Å². The molecule has 4 N–H and O–H groups in total. The number of allylic oxidation sites excluding steroid dienone is 4. The Balaban J connectivity index is 1.61. The monoisotopic (exact) mass is 474 g/mol. The van der Waals surface area contributed by atoms with Crippen LogP contribution < -0.4 is 11.1 Å². The highest BCUT2D eigenvalue weighted by Crippen LogP contribution is 2.36. The van der Waals surface area contributed by atoms with Gasteiger partial charge in [-0.2, -0.15) is 0 Å². The number of alkyl halides is 1. The Labute approximate surface area is 194 Å². The lowest BCUT2D eigenvalue weighted by Crippen LogP contribution is -2.49. The van der Waals surface area contributed by atoms with E-state index in [2.05, 4.69) is 15.3 Å². The largest absolute Gasteiger partial charge is 0.389 e. The maximum Gasteiger partial charge on any atom is 0.274 e. The van der Waals surface area contributed by atoms with Crippen LogP contribution in [0, 0.1) is 5.82 Å². The van der Waals surface area contributed by atoms with Gasteiger partial charge in [-0.25, -0.2) is 18.2 Å². The lowest BCUT2D eigenvalue weighted by molar-refractivity contribution is -0.128. The summed E-state index contributed by atoms with van der Waals surface area (Å²) in [5.41, 5.74) is 5.71. The van der Waals surface area contributed by atoms with Gasteiger partial charge in [0.1, 0.15) is 29.2 Å². The number of aliphatic hydroxyl groups is 1. The summed E-state index contributed by atoms with van der Waals surface area (Å²) in [4.78, 5) is 20.9. The van der Waals surface area contributed by atoms with Gasteiger partial charge >= 0.3 is 0 Å². The van der Waals surface area contributed by atoms with Crippen LogP contribution in [-0.4, -0.2) is 45.4 Å². The summed E-state index contributed by atoms with van der Waals surface area (Å²) >= 11 is 0. The molecule has 1 aliphatic heterocycles. The molecule has 1 unspecified atom stereocenters. The molecule has 2 aromatic rings.